The van der Waals surface area contributed by atoms with Gasteiger partial charge in [-0.05, 0) is 30.7 Å². The van der Waals surface area contributed by atoms with E-state index >= 15 is 0 Å². The van der Waals surface area contributed by atoms with E-state index in [1.807, 2.05) is 6.92 Å². The molecule has 2 aromatic rings. The molecule has 5 N–H and O–H groups in total. The third-order valence-electron chi connectivity index (χ3n) is 3.02. The zero-order chi connectivity index (χ0) is 17.4. The van der Waals surface area contributed by atoms with Crippen LogP contribution in [0.1, 0.15) is 35.1 Å². The van der Waals surface area contributed by atoms with E-state index in [-0.39, 0.29) is 17.6 Å². The topological polar surface area (TPSA) is 132 Å². The Bertz CT molecular complexity index is 739. The Hall–Kier alpha value is -3.29. The van der Waals surface area contributed by atoms with Crippen molar-refractivity contribution in [3.63, 3.8) is 0 Å². The van der Waals surface area contributed by atoms with Crippen molar-refractivity contribution in [2.75, 3.05) is 6.54 Å². The number of nitrogens with zero attached hydrogens (tertiary/aromatic N) is 4. The molecule has 0 aliphatic heterocycles. The molecule has 0 aliphatic carbocycles. The molecular formula is C16H19N7O. The molecule has 0 unspecified atom stereocenters. The van der Waals surface area contributed by atoms with Crippen molar-refractivity contribution >= 4 is 17.6 Å². The number of carbonyl (C=O) groups is 1. The summed E-state index contributed by atoms with van der Waals surface area (Å²) in [6.45, 7) is 2.60. The molecule has 1 amide bonds. The van der Waals surface area contributed by atoms with Crippen LogP contribution >= 0.6 is 0 Å². The highest BCUT2D eigenvalue weighted by atomic mass is 16.1. The number of hydrogen-bond acceptors (Lipinski definition) is 5. The van der Waals surface area contributed by atoms with E-state index in [4.69, 9.17) is 11.5 Å². The summed E-state index contributed by atoms with van der Waals surface area (Å²) in [7, 11) is 0. The fourth-order valence-electron chi connectivity index (χ4n) is 1.74. The number of rotatable bonds is 6. The lowest BCUT2D eigenvalue weighted by Gasteiger charge is -2.04. The van der Waals surface area contributed by atoms with Gasteiger partial charge in [-0.3, -0.25) is 14.8 Å². The van der Waals surface area contributed by atoms with Gasteiger partial charge in [0, 0.05) is 18.9 Å². The molecule has 2 aromatic heterocycles. The van der Waals surface area contributed by atoms with Crippen molar-refractivity contribution in [1.29, 1.82) is 0 Å². The van der Waals surface area contributed by atoms with Gasteiger partial charge >= 0.3 is 0 Å². The smallest absolute Gasteiger partial charge is 0.252 e. The second-order valence-corrected chi connectivity index (χ2v) is 4.87. The first-order chi connectivity index (χ1) is 11.6. The van der Waals surface area contributed by atoms with E-state index in [1.165, 1.54) is 6.20 Å². The number of nitrogens with one attached hydrogen (secondary N) is 1. The summed E-state index contributed by atoms with van der Waals surface area (Å²) in [5.74, 6) is 0.0624. The zero-order valence-corrected chi connectivity index (χ0v) is 13.3. The van der Waals surface area contributed by atoms with Crippen LogP contribution in [0, 0.1) is 0 Å². The molecule has 0 aromatic carbocycles. The first-order valence-electron chi connectivity index (χ1n) is 7.44. The van der Waals surface area contributed by atoms with Crippen molar-refractivity contribution in [3.8, 4) is 0 Å². The van der Waals surface area contributed by atoms with Gasteiger partial charge in [0.1, 0.15) is 11.4 Å². The van der Waals surface area contributed by atoms with Gasteiger partial charge in [0.25, 0.3) is 5.91 Å². The molecule has 0 saturated carbocycles. The fourth-order valence-corrected chi connectivity index (χ4v) is 1.74. The normalized spacial score (nSPS) is 12.0. The molecule has 8 nitrogen and oxygen atoms in total. The lowest BCUT2D eigenvalue weighted by atomic mass is 10.2. The van der Waals surface area contributed by atoms with Gasteiger partial charge in [0.05, 0.1) is 5.56 Å². The fraction of sp³-hybridized carbons (Fsp3) is 0.188. The molecule has 0 bridgehead atoms. The first-order valence-corrected chi connectivity index (χ1v) is 7.44. The number of hydrogen-bond donors (Lipinski definition) is 3. The predicted molar refractivity (Wildman–Crippen MR) is 92.5 cm³/mol. The summed E-state index contributed by atoms with van der Waals surface area (Å²) >= 11 is 0. The highest BCUT2D eigenvalue weighted by molar-refractivity contribution is 5.99. The standard InChI is InChI=1S/C16H19N7O/c1-2-8-20-16(24)11-6-7-13(21-10-11)15(18)23-22-14(17)12-5-3-4-9-19-12/h3-7,9-10H,2,8H2,1H3,(H2,17,22)(H2,18,23)(H,20,24). The van der Waals surface area contributed by atoms with Crippen LogP contribution < -0.4 is 16.8 Å². The van der Waals surface area contributed by atoms with Gasteiger partial charge < -0.3 is 16.8 Å². The largest absolute Gasteiger partial charge is 0.380 e. The number of aromatic nitrogens is 2. The van der Waals surface area contributed by atoms with E-state index < -0.39 is 0 Å². The molecule has 0 aliphatic rings. The SMILES string of the molecule is CCCNC(=O)c1ccc(/C(N)=N/N=C(\N)c2ccccn2)nc1. The van der Waals surface area contributed by atoms with Crippen molar-refractivity contribution in [3.05, 3.63) is 59.7 Å². The molecular weight excluding hydrogens is 306 g/mol. The Morgan fingerprint density at radius 3 is 2.33 bits per heavy atom. The molecule has 0 radical (unpaired) electrons. The molecule has 24 heavy (non-hydrogen) atoms. The van der Waals surface area contributed by atoms with Crippen LogP contribution in [0.3, 0.4) is 0 Å². The van der Waals surface area contributed by atoms with Crippen LogP contribution in [0.4, 0.5) is 0 Å². The average Bonchev–Trinajstić information content (AvgIpc) is 2.64. The molecule has 2 rings (SSSR count). The van der Waals surface area contributed by atoms with E-state index in [9.17, 15) is 4.79 Å². The minimum atomic E-state index is -0.177. The van der Waals surface area contributed by atoms with Crippen molar-refractivity contribution in [2.45, 2.75) is 13.3 Å². The number of nitrogens with two attached hydrogens (primary N) is 2. The summed E-state index contributed by atoms with van der Waals surface area (Å²) in [5, 5.41) is 10.5. The summed E-state index contributed by atoms with van der Waals surface area (Å²) in [5.41, 5.74) is 13.0. The third-order valence-corrected chi connectivity index (χ3v) is 3.02. The molecule has 0 saturated heterocycles. The number of carbonyl (C=O) groups excluding carboxylic acids is 1. The van der Waals surface area contributed by atoms with Crippen LogP contribution in [0.2, 0.25) is 0 Å². The van der Waals surface area contributed by atoms with E-state index in [1.54, 1.807) is 36.5 Å². The van der Waals surface area contributed by atoms with Crippen LogP contribution in [0.15, 0.2) is 52.9 Å². The average molecular weight is 325 g/mol. The Labute approximate surface area is 139 Å². The van der Waals surface area contributed by atoms with Crippen LogP contribution in [0.5, 0.6) is 0 Å². The quantitative estimate of drug-likeness (QED) is 0.407. The van der Waals surface area contributed by atoms with Crippen molar-refractivity contribution in [1.82, 2.24) is 15.3 Å². The van der Waals surface area contributed by atoms with E-state index in [0.29, 0.717) is 23.5 Å². The highest BCUT2D eigenvalue weighted by Gasteiger charge is 2.07. The summed E-state index contributed by atoms with van der Waals surface area (Å²) in [4.78, 5) is 20.0. The summed E-state index contributed by atoms with van der Waals surface area (Å²) in [6.07, 6.45) is 3.91. The molecule has 0 atom stereocenters. The van der Waals surface area contributed by atoms with Crippen LogP contribution in [-0.4, -0.2) is 34.1 Å². The number of pyridine rings is 2. The van der Waals surface area contributed by atoms with Gasteiger partial charge in [-0.2, -0.15) is 0 Å². The molecule has 8 heteroatoms. The molecule has 0 fully saturated rings. The summed E-state index contributed by atoms with van der Waals surface area (Å²) < 4.78 is 0. The lowest BCUT2D eigenvalue weighted by molar-refractivity contribution is 0.0953. The Morgan fingerprint density at radius 1 is 1.08 bits per heavy atom. The van der Waals surface area contributed by atoms with Gasteiger partial charge in [-0.15, -0.1) is 10.2 Å². The van der Waals surface area contributed by atoms with Gasteiger partial charge in [-0.25, -0.2) is 0 Å². The van der Waals surface area contributed by atoms with Gasteiger partial charge in [0.2, 0.25) is 0 Å². The Balaban J connectivity index is 2.09. The maximum Gasteiger partial charge on any atom is 0.252 e. The predicted octanol–water partition coefficient (Wildman–Crippen LogP) is 0.642. The first kappa shape index (κ1) is 17.1. The van der Waals surface area contributed by atoms with Crippen LogP contribution in [-0.2, 0) is 0 Å². The van der Waals surface area contributed by atoms with Crippen molar-refractivity contribution in [2.24, 2.45) is 21.7 Å². The minimum Gasteiger partial charge on any atom is -0.380 e. The van der Waals surface area contributed by atoms with E-state index in [0.717, 1.165) is 6.42 Å². The maximum absolute atomic E-state index is 11.8. The maximum atomic E-state index is 11.8. The second-order valence-electron chi connectivity index (χ2n) is 4.87. The van der Waals surface area contributed by atoms with Crippen molar-refractivity contribution < 1.29 is 4.79 Å². The van der Waals surface area contributed by atoms with Crippen LogP contribution in [0.25, 0.3) is 0 Å². The number of amidine groups is 2. The molecule has 0 spiro atoms. The monoisotopic (exact) mass is 325 g/mol. The summed E-state index contributed by atoms with van der Waals surface area (Å²) in [6, 6.07) is 8.51. The third kappa shape index (κ3) is 4.60. The minimum absolute atomic E-state index is 0.0920. The lowest BCUT2D eigenvalue weighted by Crippen LogP contribution is -2.24. The number of amides is 1. The second kappa shape index (κ2) is 8.37. The zero-order valence-electron chi connectivity index (χ0n) is 13.3. The molecule has 124 valence electrons. The van der Waals surface area contributed by atoms with E-state index in [2.05, 4.69) is 25.5 Å². The highest BCUT2D eigenvalue weighted by Crippen LogP contribution is 2.01. The Kier molecular flexibility index (Phi) is 5.95. The van der Waals surface area contributed by atoms with Gasteiger partial charge in [-0.1, -0.05) is 13.0 Å². The van der Waals surface area contributed by atoms with Gasteiger partial charge in [0.15, 0.2) is 11.7 Å². The molecule has 2 heterocycles. The Morgan fingerprint density at radius 2 is 1.79 bits per heavy atom.